The van der Waals surface area contributed by atoms with E-state index in [0.29, 0.717) is 0 Å². The molecule has 176 valence electrons. The Bertz CT molecular complexity index is 960. The van der Waals surface area contributed by atoms with E-state index in [1.54, 1.807) is 0 Å². The molecule has 8 nitrogen and oxygen atoms in total. The Hall–Kier alpha value is -3.39. The first-order chi connectivity index (χ1) is 15.8. The first-order valence-corrected chi connectivity index (χ1v) is 11.1. The number of aliphatic hydroxyl groups is 1. The molecule has 0 fully saturated rings. The van der Waals surface area contributed by atoms with E-state index in [9.17, 15) is 14.4 Å². The fourth-order valence-electron chi connectivity index (χ4n) is 4.08. The molecule has 0 heterocycles. The zero-order chi connectivity index (χ0) is 24.0. The van der Waals surface area contributed by atoms with Crippen molar-refractivity contribution in [3.05, 3.63) is 59.7 Å². The lowest BCUT2D eigenvalue weighted by Gasteiger charge is -2.23. The number of ether oxygens (including phenoxy) is 1. The Kier molecular flexibility index (Phi) is 8.06. The van der Waals surface area contributed by atoms with E-state index in [1.807, 2.05) is 50.2 Å². The Morgan fingerprint density at radius 1 is 0.970 bits per heavy atom. The number of benzene rings is 2. The van der Waals surface area contributed by atoms with Gasteiger partial charge in [-0.15, -0.1) is 0 Å². The molecule has 8 heteroatoms. The molecule has 1 aliphatic rings. The highest BCUT2D eigenvalue weighted by Crippen LogP contribution is 2.44. The van der Waals surface area contributed by atoms with E-state index < -0.39 is 30.1 Å². The first-order valence-electron chi connectivity index (χ1n) is 11.1. The summed E-state index contributed by atoms with van der Waals surface area (Å²) >= 11 is 0. The van der Waals surface area contributed by atoms with Gasteiger partial charge in [0.15, 0.2) is 0 Å². The number of carbonyl (C=O) groups excluding carboxylic acids is 2. The summed E-state index contributed by atoms with van der Waals surface area (Å²) in [5.74, 6) is -1.90. The molecule has 2 aromatic carbocycles. The second-order valence-corrected chi connectivity index (χ2v) is 8.50. The standard InChI is InChI=1S/C25H30N2O6/c1-15(2)22(13-23(29)26-21(11-12-28)24(30)31)27-25(32)33-14-20-18-9-5-3-7-16(18)17-8-4-6-10-19(17)20/h3-10,15,20-22,28H,11-14H2,1-2H3,(H,26,29)(H,27,32)(H,30,31)/t21-,22?/m0/s1. The number of amides is 2. The van der Waals surface area contributed by atoms with Crippen molar-refractivity contribution in [1.29, 1.82) is 0 Å². The van der Waals surface area contributed by atoms with Crippen LogP contribution in [0.3, 0.4) is 0 Å². The fourth-order valence-corrected chi connectivity index (χ4v) is 4.08. The van der Waals surface area contributed by atoms with Crippen LogP contribution in [0.1, 0.15) is 43.7 Å². The summed E-state index contributed by atoms with van der Waals surface area (Å²) in [6.45, 7) is 3.51. The number of alkyl carbamates (subject to hydrolysis) is 1. The van der Waals surface area contributed by atoms with Gasteiger partial charge in [-0.2, -0.15) is 0 Å². The fraction of sp³-hybridized carbons (Fsp3) is 0.400. The van der Waals surface area contributed by atoms with Crippen molar-refractivity contribution >= 4 is 18.0 Å². The number of carbonyl (C=O) groups is 3. The van der Waals surface area contributed by atoms with Crippen LogP contribution >= 0.6 is 0 Å². The molecule has 1 aliphatic carbocycles. The molecular formula is C25H30N2O6. The molecule has 0 bridgehead atoms. The van der Waals surface area contributed by atoms with Crippen LogP contribution in [0.5, 0.6) is 0 Å². The Balaban J connectivity index is 1.60. The van der Waals surface area contributed by atoms with Crippen molar-refractivity contribution in [2.75, 3.05) is 13.2 Å². The minimum absolute atomic E-state index is 0.0706. The van der Waals surface area contributed by atoms with Crippen molar-refractivity contribution in [2.45, 2.75) is 44.7 Å². The van der Waals surface area contributed by atoms with Crippen LogP contribution in [-0.4, -0.2) is 53.5 Å². The highest BCUT2D eigenvalue weighted by Gasteiger charge is 2.30. The van der Waals surface area contributed by atoms with Gasteiger partial charge < -0.3 is 25.6 Å². The van der Waals surface area contributed by atoms with Crippen LogP contribution in [-0.2, 0) is 14.3 Å². The van der Waals surface area contributed by atoms with Crippen molar-refractivity contribution < 1.29 is 29.3 Å². The molecule has 0 aromatic heterocycles. The molecule has 33 heavy (non-hydrogen) atoms. The van der Waals surface area contributed by atoms with Gasteiger partial charge in [0.2, 0.25) is 5.91 Å². The van der Waals surface area contributed by atoms with Gasteiger partial charge in [-0.05, 0) is 28.2 Å². The van der Waals surface area contributed by atoms with E-state index in [0.717, 1.165) is 22.3 Å². The lowest BCUT2D eigenvalue weighted by molar-refractivity contribution is -0.142. The summed E-state index contributed by atoms with van der Waals surface area (Å²) in [4.78, 5) is 36.1. The van der Waals surface area contributed by atoms with Crippen LogP contribution in [0.2, 0.25) is 0 Å². The van der Waals surface area contributed by atoms with Gasteiger partial charge in [-0.3, -0.25) is 4.79 Å². The molecule has 0 saturated heterocycles. The number of nitrogens with one attached hydrogen (secondary N) is 2. The molecule has 0 radical (unpaired) electrons. The minimum Gasteiger partial charge on any atom is -0.480 e. The van der Waals surface area contributed by atoms with Crippen molar-refractivity contribution in [2.24, 2.45) is 5.92 Å². The quantitative estimate of drug-likeness (QED) is 0.438. The molecule has 3 rings (SSSR count). The number of hydrogen-bond acceptors (Lipinski definition) is 5. The van der Waals surface area contributed by atoms with Crippen molar-refractivity contribution in [3.8, 4) is 11.1 Å². The minimum atomic E-state index is -1.22. The number of carboxylic acids is 1. The number of rotatable bonds is 10. The maximum atomic E-state index is 12.6. The Labute approximate surface area is 193 Å². The lowest BCUT2D eigenvalue weighted by Crippen LogP contribution is -2.46. The number of aliphatic carboxylic acids is 1. The third kappa shape index (κ3) is 5.90. The zero-order valence-corrected chi connectivity index (χ0v) is 18.8. The van der Waals surface area contributed by atoms with Gasteiger partial charge >= 0.3 is 12.1 Å². The lowest BCUT2D eigenvalue weighted by atomic mass is 9.98. The van der Waals surface area contributed by atoms with Gasteiger partial charge in [0.1, 0.15) is 12.6 Å². The number of hydrogen-bond donors (Lipinski definition) is 4. The largest absolute Gasteiger partial charge is 0.480 e. The van der Waals surface area contributed by atoms with E-state index in [2.05, 4.69) is 22.8 Å². The highest BCUT2D eigenvalue weighted by atomic mass is 16.5. The van der Waals surface area contributed by atoms with Gasteiger partial charge in [0, 0.05) is 31.4 Å². The second-order valence-electron chi connectivity index (χ2n) is 8.50. The molecule has 4 N–H and O–H groups in total. The van der Waals surface area contributed by atoms with Crippen LogP contribution in [0, 0.1) is 5.92 Å². The zero-order valence-electron chi connectivity index (χ0n) is 18.8. The number of fused-ring (bicyclic) bond motifs is 3. The monoisotopic (exact) mass is 454 g/mol. The van der Waals surface area contributed by atoms with Crippen molar-refractivity contribution in [3.63, 3.8) is 0 Å². The molecule has 0 aliphatic heterocycles. The maximum absolute atomic E-state index is 12.6. The first kappa shape index (κ1) is 24.3. The van der Waals surface area contributed by atoms with Gasteiger partial charge in [0.05, 0.1) is 0 Å². The Morgan fingerprint density at radius 3 is 2.06 bits per heavy atom. The van der Waals surface area contributed by atoms with E-state index in [-0.39, 0.29) is 37.9 Å². The van der Waals surface area contributed by atoms with Crippen molar-refractivity contribution in [1.82, 2.24) is 10.6 Å². The second kappa shape index (κ2) is 11.0. The van der Waals surface area contributed by atoms with Gasteiger partial charge in [-0.1, -0.05) is 62.4 Å². The summed E-state index contributed by atoms with van der Waals surface area (Å²) in [5, 5.41) is 23.2. The smallest absolute Gasteiger partial charge is 0.407 e. The molecule has 2 amide bonds. The average molecular weight is 455 g/mol. The average Bonchev–Trinajstić information content (AvgIpc) is 3.10. The highest BCUT2D eigenvalue weighted by molar-refractivity contribution is 5.84. The predicted octanol–water partition coefficient (Wildman–Crippen LogP) is 2.89. The van der Waals surface area contributed by atoms with E-state index in [4.69, 9.17) is 14.9 Å². The predicted molar refractivity (Wildman–Crippen MR) is 123 cm³/mol. The van der Waals surface area contributed by atoms with Crippen LogP contribution in [0.15, 0.2) is 48.5 Å². The normalized spacial score (nSPS) is 14.2. The molecule has 0 saturated carbocycles. The van der Waals surface area contributed by atoms with E-state index >= 15 is 0 Å². The SMILES string of the molecule is CC(C)C(CC(=O)N[C@@H](CCO)C(=O)O)NC(=O)OCC1c2ccccc2-c2ccccc21. The van der Waals surface area contributed by atoms with Crippen LogP contribution in [0.25, 0.3) is 11.1 Å². The third-order valence-corrected chi connectivity index (χ3v) is 5.91. The van der Waals surface area contributed by atoms with E-state index in [1.165, 1.54) is 0 Å². The Morgan fingerprint density at radius 2 is 1.55 bits per heavy atom. The van der Waals surface area contributed by atoms with Gasteiger partial charge in [-0.25, -0.2) is 9.59 Å². The summed E-state index contributed by atoms with van der Waals surface area (Å²) in [6.07, 6.45) is -0.821. The van der Waals surface area contributed by atoms with Gasteiger partial charge in [0.25, 0.3) is 0 Å². The summed E-state index contributed by atoms with van der Waals surface area (Å²) < 4.78 is 5.55. The van der Waals surface area contributed by atoms with Crippen LogP contribution < -0.4 is 10.6 Å². The van der Waals surface area contributed by atoms with Crippen LogP contribution in [0.4, 0.5) is 4.79 Å². The topological polar surface area (TPSA) is 125 Å². The summed E-state index contributed by atoms with van der Waals surface area (Å²) in [7, 11) is 0. The third-order valence-electron chi connectivity index (χ3n) is 5.91. The maximum Gasteiger partial charge on any atom is 0.407 e. The molecule has 2 atom stereocenters. The molecule has 0 spiro atoms. The number of carboxylic acid groups (broad SMARTS) is 1. The summed E-state index contributed by atoms with van der Waals surface area (Å²) in [5.41, 5.74) is 4.48. The summed E-state index contributed by atoms with van der Waals surface area (Å²) in [6, 6.07) is 14.4. The number of aliphatic hydroxyl groups excluding tert-OH is 1. The molecule has 1 unspecified atom stereocenters. The molecular weight excluding hydrogens is 424 g/mol. The molecule has 2 aromatic rings.